The molecule has 1 fully saturated rings. The molecule has 3 nitrogen and oxygen atoms in total. The Bertz CT molecular complexity index is 323. The summed E-state index contributed by atoms with van der Waals surface area (Å²) in [5, 5.41) is 12.7. The van der Waals surface area contributed by atoms with Crippen LogP contribution in [0.25, 0.3) is 0 Å². The van der Waals surface area contributed by atoms with E-state index in [-0.39, 0.29) is 0 Å². The van der Waals surface area contributed by atoms with Gasteiger partial charge in [-0.25, -0.2) is 0 Å². The van der Waals surface area contributed by atoms with Gasteiger partial charge in [0.15, 0.2) is 0 Å². The zero-order chi connectivity index (χ0) is 11.4. The van der Waals surface area contributed by atoms with Crippen molar-refractivity contribution >= 4 is 0 Å². The van der Waals surface area contributed by atoms with Crippen molar-refractivity contribution in [3.63, 3.8) is 0 Å². The fourth-order valence-corrected chi connectivity index (χ4v) is 2.38. The summed E-state index contributed by atoms with van der Waals surface area (Å²) < 4.78 is 0. The lowest BCUT2D eigenvalue weighted by molar-refractivity contribution is 0.205. The van der Waals surface area contributed by atoms with Crippen molar-refractivity contribution in [2.45, 2.75) is 38.8 Å². The monoisotopic (exact) mass is 220 g/mol. The maximum atomic E-state index is 9.22. The van der Waals surface area contributed by atoms with Crippen molar-refractivity contribution in [2.24, 2.45) is 5.92 Å². The van der Waals surface area contributed by atoms with Gasteiger partial charge in [-0.05, 0) is 37.3 Å². The molecule has 1 aliphatic rings. The number of nitrogens with one attached hydrogen (secondary N) is 1. The molecule has 1 saturated carbocycles. The summed E-state index contributed by atoms with van der Waals surface area (Å²) in [7, 11) is 0. The average molecular weight is 220 g/mol. The number of hydrogen-bond acceptors (Lipinski definition) is 3. The Hall–Kier alpha value is -0.930. The lowest BCUT2D eigenvalue weighted by Gasteiger charge is -2.18. The zero-order valence-electron chi connectivity index (χ0n) is 9.82. The molecule has 3 heteroatoms. The first kappa shape index (κ1) is 11.6. The van der Waals surface area contributed by atoms with Crippen LogP contribution in [0.3, 0.4) is 0 Å². The van der Waals surface area contributed by atoms with Gasteiger partial charge < -0.3 is 10.4 Å². The highest BCUT2D eigenvalue weighted by Crippen LogP contribution is 2.25. The van der Waals surface area contributed by atoms with Crippen LogP contribution in [-0.2, 0) is 6.54 Å². The van der Waals surface area contributed by atoms with Crippen molar-refractivity contribution in [1.29, 1.82) is 0 Å². The lowest BCUT2D eigenvalue weighted by Crippen LogP contribution is -2.33. The van der Waals surface area contributed by atoms with Crippen LogP contribution in [-0.4, -0.2) is 22.7 Å². The predicted octanol–water partition coefficient (Wildman–Crippen LogP) is 1.64. The first-order valence-electron chi connectivity index (χ1n) is 6.05. The molecule has 2 atom stereocenters. The molecule has 88 valence electrons. The van der Waals surface area contributed by atoms with Crippen molar-refractivity contribution in [1.82, 2.24) is 10.3 Å². The number of hydrogen-bond donors (Lipinski definition) is 2. The number of aryl methyl sites for hydroxylation is 1. The Morgan fingerprint density at radius 3 is 3.00 bits per heavy atom. The number of pyridine rings is 1. The molecule has 1 heterocycles. The summed E-state index contributed by atoms with van der Waals surface area (Å²) in [4.78, 5) is 4.27. The van der Waals surface area contributed by atoms with Crippen LogP contribution in [0, 0.1) is 12.8 Å². The summed E-state index contributed by atoms with van der Waals surface area (Å²) in [6.07, 6.45) is 5.49. The molecule has 0 aromatic carbocycles. The summed E-state index contributed by atoms with van der Waals surface area (Å²) in [6.45, 7) is 3.16. The molecule has 2 rings (SSSR count). The van der Waals surface area contributed by atoms with Crippen molar-refractivity contribution in [3.05, 3.63) is 29.6 Å². The smallest absolute Gasteiger partial charge is 0.0474 e. The van der Waals surface area contributed by atoms with Crippen LogP contribution in [0.5, 0.6) is 0 Å². The van der Waals surface area contributed by atoms with Gasteiger partial charge in [-0.2, -0.15) is 0 Å². The van der Waals surface area contributed by atoms with Crippen molar-refractivity contribution < 1.29 is 5.11 Å². The molecule has 0 bridgehead atoms. The van der Waals surface area contributed by atoms with Gasteiger partial charge in [-0.3, -0.25) is 4.98 Å². The van der Waals surface area contributed by atoms with Gasteiger partial charge in [0, 0.05) is 31.1 Å². The minimum absolute atomic E-state index is 0.309. The van der Waals surface area contributed by atoms with E-state index in [1.54, 1.807) is 0 Å². The second-order valence-electron chi connectivity index (χ2n) is 4.67. The van der Waals surface area contributed by atoms with Crippen LogP contribution in [0.2, 0.25) is 0 Å². The van der Waals surface area contributed by atoms with E-state index in [1.807, 2.05) is 19.2 Å². The lowest BCUT2D eigenvalue weighted by atomic mass is 10.0. The molecule has 16 heavy (non-hydrogen) atoms. The van der Waals surface area contributed by atoms with E-state index in [1.165, 1.54) is 18.4 Å². The molecule has 0 spiro atoms. The Kier molecular flexibility index (Phi) is 3.91. The second-order valence-corrected chi connectivity index (χ2v) is 4.67. The number of aromatic nitrogens is 1. The van der Waals surface area contributed by atoms with Gasteiger partial charge in [-0.15, -0.1) is 0 Å². The number of aliphatic hydroxyl groups excluding tert-OH is 1. The summed E-state index contributed by atoms with van der Waals surface area (Å²) in [5.74, 6) is 0.443. The van der Waals surface area contributed by atoms with Crippen LogP contribution in [0.4, 0.5) is 0 Å². The molecule has 2 N–H and O–H groups in total. The van der Waals surface area contributed by atoms with E-state index in [2.05, 4.69) is 16.4 Å². The highest BCUT2D eigenvalue weighted by Gasteiger charge is 2.25. The molecular formula is C13H20N2O. The SMILES string of the molecule is Cc1ccc(CNC2CCCC2CO)cn1. The van der Waals surface area contributed by atoms with E-state index in [9.17, 15) is 5.11 Å². The van der Waals surface area contributed by atoms with Gasteiger partial charge in [-0.1, -0.05) is 12.5 Å². The third-order valence-electron chi connectivity index (χ3n) is 3.43. The van der Waals surface area contributed by atoms with Crippen LogP contribution in [0.15, 0.2) is 18.3 Å². The zero-order valence-corrected chi connectivity index (χ0v) is 9.82. The quantitative estimate of drug-likeness (QED) is 0.811. The van der Waals surface area contributed by atoms with Crippen LogP contribution >= 0.6 is 0 Å². The maximum absolute atomic E-state index is 9.22. The van der Waals surface area contributed by atoms with E-state index in [0.717, 1.165) is 18.7 Å². The average Bonchev–Trinajstić information content (AvgIpc) is 2.76. The molecule has 1 aromatic heterocycles. The third kappa shape index (κ3) is 2.80. The maximum Gasteiger partial charge on any atom is 0.0474 e. The van der Waals surface area contributed by atoms with Crippen LogP contribution < -0.4 is 5.32 Å². The Balaban J connectivity index is 1.85. The standard InChI is InChI=1S/C13H20N2O/c1-10-5-6-11(7-14-10)8-15-13-4-2-3-12(13)9-16/h5-7,12-13,15-16H,2-4,8-9H2,1H3. The van der Waals surface area contributed by atoms with Gasteiger partial charge >= 0.3 is 0 Å². The molecule has 0 radical (unpaired) electrons. The number of rotatable bonds is 4. The van der Waals surface area contributed by atoms with Crippen LogP contribution in [0.1, 0.15) is 30.5 Å². The normalized spacial score (nSPS) is 24.9. The minimum atomic E-state index is 0.309. The molecule has 0 saturated heterocycles. The summed E-state index contributed by atoms with van der Waals surface area (Å²) in [5.41, 5.74) is 2.27. The van der Waals surface area contributed by atoms with Crippen molar-refractivity contribution in [2.75, 3.05) is 6.61 Å². The molecule has 0 amide bonds. The molecule has 2 unspecified atom stereocenters. The van der Waals surface area contributed by atoms with Gasteiger partial charge in [0.1, 0.15) is 0 Å². The molecule has 1 aromatic rings. The van der Waals surface area contributed by atoms with Crippen molar-refractivity contribution in [3.8, 4) is 0 Å². The highest BCUT2D eigenvalue weighted by atomic mass is 16.3. The second kappa shape index (κ2) is 5.41. The largest absolute Gasteiger partial charge is 0.396 e. The van der Waals surface area contributed by atoms with E-state index < -0.39 is 0 Å². The van der Waals surface area contributed by atoms with Gasteiger partial charge in [0.05, 0.1) is 0 Å². The third-order valence-corrected chi connectivity index (χ3v) is 3.43. The highest BCUT2D eigenvalue weighted by molar-refractivity contribution is 5.13. The predicted molar refractivity (Wildman–Crippen MR) is 64.0 cm³/mol. The Labute approximate surface area is 96.9 Å². The van der Waals surface area contributed by atoms with Gasteiger partial charge in [0.25, 0.3) is 0 Å². The van der Waals surface area contributed by atoms with Gasteiger partial charge in [0.2, 0.25) is 0 Å². The topological polar surface area (TPSA) is 45.1 Å². The molecule has 0 aliphatic heterocycles. The van der Waals surface area contributed by atoms with E-state index in [4.69, 9.17) is 0 Å². The number of aliphatic hydroxyl groups is 1. The van der Waals surface area contributed by atoms with E-state index in [0.29, 0.717) is 18.6 Å². The molecular weight excluding hydrogens is 200 g/mol. The first-order valence-corrected chi connectivity index (χ1v) is 6.05. The first-order chi connectivity index (χ1) is 7.79. The molecule has 1 aliphatic carbocycles. The summed E-state index contributed by atoms with van der Waals surface area (Å²) >= 11 is 0. The Morgan fingerprint density at radius 1 is 1.44 bits per heavy atom. The summed E-state index contributed by atoms with van der Waals surface area (Å²) in [6, 6.07) is 4.62. The number of nitrogens with zero attached hydrogens (tertiary/aromatic N) is 1. The Morgan fingerprint density at radius 2 is 2.31 bits per heavy atom. The van der Waals surface area contributed by atoms with E-state index >= 15 is 0 Å². The fraction of sp³-hybridized carbons (Fsp3) is 0.615. The fourth-order valence-electron chi connectivity index (χ4n) is 2.38. The minimum Gasteiger partial charge on any atom is -0.396 e.